The Morgan fingerprint density at radius 3 is 2.74 bits per heavy atom. The molecule has 0 radical (unpaired) electrons. The SMILES string of the molecule is CC[C@@H](C)n1c(=O)c2sccc2n2c(CCCC(=O)NCc3ccc(F)cc3)nnc12. The van der Waals surface area contributed by atoms with Gasteiger partial charge in [-0.15, -0.1) is 21.5 Å². The Morgan fingerprint density at radius 1 is 1.23 bits per heavy atom. The predicted molar refractivity (Wildman–Crippen MR) is 119 cm³/mol. The molecule has 9 heteroatoms. The van der Waals surface area contributed by atoms with Gasteiger partial charge in [-0.25, -0.2) is 4.39 Å². The molecule has 0 fully saturated rings. The summed E-state index contributed by atoms with van der Waals surface area (Å²) >= 11 is 1.42. The number of nitrogens with one attached hydrogen (secondary N) is 1. The van der Waals surface area contributed by atoms with E-state index in [1.54, 1.807) is 16.7 Å². The zero-order chi connectivity index (χ0) is 22.0. The monoisotopic (exact) mass is 441 g/mol. The third-order valence-electron chi connectivity index (χ3n) is 5.47. The summed E-state index contributed by atoms with van der Waals surface area (Å²) in [5, 5.41) is 13.4. The van der Waals surface area contributed by atoms with E-state index < -0.39 is 0 Å². The van der Waals surface area contributed by atoms with Crippen LogP contribution >= 0.6 is 11.3 Å². The van der Waals surface area contributed by atoms with Gasteiger partial charge in [-0.3, -0.25) is 18.6 Å². The molecule has 162 valence electrons. The lowest BCUT2D eigenvalue weighted by Crippen LogP contribution is -2.25. The predicted octanol–water partition coefficient (Wildman–Crippen LogP) is 3.85. The summed E-state index contributed by atoms with van der Waals surface area (Å²) in [5.74, 6) is 0.909. The molecule has 4 rings (SSSR count). The second-order valence-corrected chi connectivity index (χ2v) is 8.49. The largest absolute Gasteiger partial charge is 0.352 e. The van der Waals surface area contributed by atoms with E-state index >= 15 is 0 Å². The highest BCUT2D eigenvalue weighted by Gasteiger charge is 2.19. The van der Waals surface area contributed by atoms with E-state index in [0.717, 1.165) is 23.3 Å². The van der Waals surface area contributed by atoms with Gasteiger partial charge in [-0.1, -0.05) is 19.1 Å². The first-order valence-electron chi connectivity index (χ1n) is 10.4. The van der Waals surface area contributed by atoms with Crippen LogP contribution in [-0.2, 0) is 17.8 Å². The molecule has 0 saturated carbocycles. The zero-order valence-corrected chi connectivity index (χ0v) is 18.3. The normalized spacial score (nSPS) is 12.5. The van der Waals surface area contributed by atoms with Crippen LogP contribution in [0.4, 0.5) is 4.39 Å². The van der Waals surface area contributed by atoms with Gasteiger partial charge in [-0.05, 0) is 48.9 Å². The maximum atomic E-state index is 13.0. The number of thiophene rings is 1. The number of carbonyl (C=O) groups is 1. The molecular weight excluding hydrogens is 417 g/mol. The van der Waals surface area contributed by atoms with Crippen LogP contribution in [0.2, 0.25) is 0 Å². The lowest BCUT2D eigenvalue weighted by atomic mass is 10.2. The number of nitrogens with zero attached hydrogens (tertiary/aromatic N) is 4. The Labute approximate surface area is 182 Å². The van der Waals surface area contributed by atoms with E-state index in [2.05, 4.69) is 15.5 Å². The van der Waals surface area contributed by atoms with Crippen LogP contribution in [0, 0.1) is 5.82 Å². The van der Waals surface area contributed by atoms with Crippen molar-refractivity contribution >= 4 is 33.2 Å². The van der Waals surface area contributed by atoms with Gasteiger partial charge in [-0.2, -0.15) is 0 Å². The van der Waals surface area contributed by atoms with Crippen LogP contribution in [0.5, 0.6) is 0 Å². The maximum Gasteiger partial charge on any atom is 0.273 e. The van der Waals surface area contributed by atoms with Gasteiger partial charge in [0.2, 0.25) is 11.7 Å². The Bertz CT molecular complexity index is 1280. The molecule has 0 saturated heterocycles. The molecule has 0 aliphatic heterocycles. The van der Waals surface area contributed by atoms with Gasteiger partial charge in [0.1, 0.15) is 16.3 Å². The molecule has 4 aromatic rings. The molecule has 1 aromatic carbocycles. The number of rotatable bonds is 8. The molecule has 7 nitrogen and oxygen atoms in total. The molecule has 1 atom stereocenters. The van der Waals surface area contributed by atoms with Gasteiger partial charge < -0.3 is 5.32 Å². The topological polar surface area (TPSA) is 81.3 Å². The molecule has 3 aromatic heterocycles. The number of fused-ring (bicyclic) bond motifs is 3. The molecule has 3 heterocycles. The van der Waals surface area contributed by atoms with Gasteiger partial charge in [0.05, 0.1) is 5.52 Å². The van der Waals surface area contributed by atoms with E-state index in [4.69, 9.17) is 0 Å². The number of aryl methyl sites for hydroxylation is 1. The number of aromatic nitrogens is 4. The summed E-state index contributed by atoms with van der Waals surface area (Å²) in [4.78, 5) is 25.1. The van der Waals surface area contributed by atoms with Gasteiger partial charge in [0.15, 0.2) is 0 Å². The second-order valence-electron chi connectivity index (χ2n) is 7.58. The van der Waals surface area contributed by atoms with E-state index in [-0.39, 0.29) is 23.3 Å². The fourth-order valence-corrected chi connectivity index (χ4v) is 4.40. The molecule has 31 heavy (non-hydrogen) atoms. The van der Waals surface area contributed by atoms with E-state index in [1.165, 1.54) is 23.5 Å². The second kappa shape index (κ2) is 8.97. The minimum Gasteiger partial charge on any atom is -0.352 e. The Morgan fingerprint density at radius 2 is 2.00 bits per heavy atom. The number of hydrogen-bond donors (Lipinski definition) is 1. The molecule has 1 N–H and O–H groups in total. The molecular formula is C22H24FN5O2S. The third-order valence-corrected chi connectivity index (χ3v) is 6.36. The van der Waals surface area contributed by atoms with Gasteiger partial charge >= 0.3 is 0 Å². The number of amides is 1. The minimum atomic E-state index is -0.297. The van der Waals surface area contributed by atoms with Crippen LogP contribution < -0.4 is 10.9 Å². The van der Waals surface area contributed by atoms with E-state index in [0.29, 0.717) is 36.3 Å². The smallest absolute Gasteiger partial charge is 0.273 e. The van der Waals surface area contributed by atoms with Crippen LogP contribution in [0.3, 0.4) is 0 Å². The molecule has 1 amide bonds. The van der Waals surface area contributed by atoms with Crippen molar-refractivity contribution in [3.05, 3.63) is 63.3 Å². The van der Waals surface area contributed by atoms with Crippen molar-refractivity contribution < 1.29 is 9.18 Å². The summed E-state index contributed by atoms with van der Waals surface area (Å²) in [6.45, 7) is 4.40. The Kier molecular flexibility index (Phi) is 6.13. The van der Waals surface area contributed by atoms with Crippen LogP contribution in [0.15, 0.2) is 40.5 Å². The van der Waals surface area contributed by atoms with Crippen molar-refractivity contribution in [2.24, 2.45) is 0 Å². The van der Waals surface area contributed by atoms with Crippen molar-refractivity contribution in [2.75, 3.05) is 0 Å². The summed E-state index contributed by atoms with van der Waals surface area (Å²) in [7, 11) is 0. The first-order chi connectivity index (χ1) is 15.0. The quantitative estimate of drug-likeness (QED) is 0.450. The van der Waals surface area contributed by atoms with Crippen molar-refractivity contribution in [1.82, 2.24) is 24.5 Å². The summed E-state index contributed by atoms with van der Waals surface area (Å²) in [6, 6.07) is 7.99. The van der Waals surface area contributed by atoms with Crippen molar-refractivity contribution in [3.8, 4) is 0 Å². The number of carbonyl (C=O) groups excluding carboxylic acids is 1. The first-order valence-corrected chi connectivity index (χ1v) is 11.2. The summed E-state index contributed by atoms with van der Waals surface area (Å²) < 4.78 is 17.3. The highest BCUT2D eigenvalue weighted by molar-refractivity contribution is 7.17. The highest BCUT2D eigenvalue weighted by atomic mass is 32.1. The van der Waals surface area contributed by atoms with Crippen molar-refractivity contribution in [3.63, 3.8) is 0 Å². The highest BCUT2D eigenvalue weighted by Crippen LogP contribution is 2.23. The lowest BCUT2D eigenvalue weighted by molar-refractivity contribution is -0.121. The van der Waals surface area contributed by atoms with Gasteiger partial charge in [0, 0.05) is 25.4 Å². The molecule has 0 spiro atoms. The van der Waals surface area contributed by atoms with Crippen LogP contribution in [0.25, 0.3) is 16.0 Å². The average Bonchev–Trinajstić information content (AvgIpc) is 3.41. The number of halogens is 1. The summed E-state index contributed by atoms with van der Waals surface area (Å²) in [6.07, 6.45) is 2.32. The third kappa shape index (κ3) is 4.23. The molecule has 0 aliphatic carbocycles. The van der Waals surface area contributed by atoms with E-state index in [9.17, 15) is 14.0 Å². The van der Waals surface area contributed by atoms with Crippen LogP contribution in [-0.4, -0.2) is 25.1 Å². The number of hydrogen-bond acceptors (Lipinski definition) is 5. The minimum absolute atomic E-state index is 0.00999. The van der Waals surface area contributed by atoms with Crippen molar-refractivity contribution in [1.29, 1.82) is 0 Å². The fourth-order valence-electron chi connectivity index (χ4n) is 3.59. The Hall–Kier alpha value is -3.07. The molecule has 0 aliphatic rings. The fraction of sp³-hybridized carbons (Fsp3) is 0.364. The van der Waals surface area contributed by atoms with Gasteiger partial charge in [0.25, 0.3) is 5.56 Å². The summed E-state index contributed by atoms with van der Waals surface area (Å²) in [5.41, 5.74) is 1.62. The Balaban J connectivity index is 1.48. The first kappa shape index (κ1) is 21.2. The van der Waals surface area contributed by atoms with E-state index in [1.807, 2.05) is 29.7 Å². The lowest BCUT2D eigenvalue weighted by Gasteiger charge is -2.14. The maximum absolute atomic E-state index is 13.0. The number of benzene rings is 1. The zero-order valence-electron chi connectivity index (χ0n) is 17.5. The molecule has 0 bridgehead atoms. The molecule has 0 unspecified atom stereocenters. The van der Waals surface area contributed by atoms with Crippen molar-refractivity contribution in [2.45, 2.75) is 52.1 Å². The average molecular weight is 442 g/mol. The standard InChI is InChI=1S/C22H24FN5O2S/c1-3-14(2)27-21(30)20-17(11-12-31-20)28-18(25-26-22(27)28)5-4-6-19(29)24-13-15-7-9-16(23)10-8-15/h7-12,14H,3-6,13H2,1-2H3,(H,24,29)/t14-/m1/s1. The van der Waals surface area contributed by atoms with Crippen LogP contribution in [0.1, 0.15) is 50.5 Å².